The number of halogens is 2. The molecule has 0 saturated carbocycles. The predicted molar refractivity (Wildman–Crippen MR) is 47.9 cm³/mol. The van der Waals surface area contributed by atoms with Gasteiger partial charge in [0.2, 0.25) is 0 Å². The van der Waals surface area contributed by atoms with Gasteiger partial charge in [-0.3, -0.25) is 4.79 Å². The first-order valence-corrected chi connectivity index (χ1v) is 3.99. The number of carbonyl (C=O) groups is 1. The Kier molecular flexibility index (Phi) is 3.25. The fourth-order valence-electron chi connectivity index (χ4n) is 0.994. The highest BCUT2D eigenvalue weighted by molar-refractivity contribution is 6.30. The van der Waals surface area contributed by atoms with Crippen molar-refractivity contribution in [3.8, 4) is 5.75 Å². The molecule has 0 amide bonds. The highest BCUT2D eigenvalue weighted by Gasteiger charge is 2.14. The second kappa shape index (κ2) is 4.23. The molecule has 1 aromatic carbocycles. The number of aldehydes is 1. The Morgan fingerprint density at radius 3 is 2.85 bits per heavy atom. The lowest BCUT2D eigenvalue weighted by molar-refractivity contribution is -0.112. The maximum Gasteiger partial charge on any atom is 0.184 e. The van der Waals surface area contributed by atoms with E-state index in [0.29, 0.717) is 10.8 Å². The molecule has 0 aliphatic carbocycles. The smallest absolute Gasteiger partial charge is 0.184 e. The SMILES string of the molecule is COc1ccc(Cl)cc1C(F)C=O. The zero-order valence-corrected chi connectivity index (χ0v) is 7.72. The van der Waals surface area contributed by atoms with E-state index in [1.54, 1.807) is 6.07 Å². The summed E-state index contributed by atoms with van der Waals surface area (Å²) in [6.07, 6.45) is -1.48. The molecule has 1 atom stereocenters. The van der Waals surface area contributed by atoms with E-state index in [0.717, 1.165) is 0 Å². The van der Waals surface area contributed by atoms with E-state index < -0.39 is 6.17 Å². The first kappa shape index (κ1) is 9.99. The molecule has 2 nitrogen and oxygen atoms in total. The number of alkyl halides is 1. The molecular weight excluding hydrogens is 195 g/mol. The average Bonchev–Trinajstić information content (AvgIpc) is 2.16. The molecule has 0 heterocycles. The van der Waals surface area contributed by atoms with Gasteiger partial charge in [0.1, 0.15) is 5.75 Å². The van der Waals surface area contributed by atoms with Crippen LogP contribution in [0, 0.1) is 0 Å². The van der Waals surface area contributed by atoms with Crippen molar-refractivity contribution in [3.05, 3.63) is 28.8 Å². The standard InChI is InChI=1S/C9H8ClFO2/c1-13-9-3-2-6(10)4-7(9)8(11)5-12/h2-5,8H,1H3. The van der Waals surface area contributed by atoms with Crippen LogP contribution in [0.3, 0.4) is 0 Å². The van der Waals surface area contributed by atoms with E-state index in [2.05, 4.69) is 0 Å². The number of methoxy groups -OCH3 is 1. The summed E-state index contributed by atoms with van der Waals surface area (Å²) < 4.78 is 17.9. The summed E-state index contributed by atoms with van der Waals surface area (Å²) in [5.74, 6) is 0.323. The van der Waals surface area contributed by atoms with E-state index in [1.807, 2.05) is 0 Å². The van der Waals surface area contributed by atoms with Crippen LogP contribution in [0.4, 0.5) is 4.39 Å². The van der Waals surface area contributed by atoms with E-state index in [1.165, 1.54) is 19.2 Å². The summed E-state index contributed by atoms with van der Waals surface area (Å²) in [5, 5.41) is 0.375. The second-order valence-electron chi connectivity index (χ2n) is 2.42. The minimum absolute atomic E-state index is 0.157. The molecule has 0 aromatic heterocycles. The third kappa shape index (κ3) is 2.18. The molecule has 0 saturated heterocycles. The summed E-state index contributed by atoms with van der Waals surface area (Å²) in [7, 11) is 1.41. The molecule has 1 aromatic rings. The molecular formula is C9H8ClFO2. The van der Waals surface area contributed by atoms with E-state index >= 15 is 0 Å². The Labute approximate surface area is 80.3 Å². The molecule has 1 unspecified atom stereocenters. The Bertz CT molecular complexity index is 314. The Balaban J connectivity index is 3.14. The van der Waals surface area contributed by atoms with E-state index in [-0.39, 0.29) is 11.8 Å². The lowest BCUT2D eigenvalue weighted by Gasteiger charge is -2.08. The number of benzene rings is 1. The first-order chi connectivity index (χ1) is 6.19. The highest BCUT2D eigenvalue weighted by Crippen LogP contribution is 2.29. The fourth-order valence-corrected chi connectivity index (χ4v) is 1.17. The normalized spacial score (nSPS) is 12.2. The number of rotatable bonds is 3. The van der Waals surface area contributed by atoms with Crippen molar-refractivity contribution in [2.75, 3.05) is 7.11 Å². The van der Waals surface area contributed by atoms with Crippen LogP contribution in [0.2, 0.25) is 5.02 Å². The largest absolute Gasteiger partial charge is 0.496 e. The molecule has 0 bridgehead atoms. The lowest BCUT2D eigenvalue weighted by Crippen LogP contribution is -1.97. The Morgan fingerprint density at radius 1 is 1.62 bits per heavy atom. The summed E-state index contributed by atoms with van der Waals surface area (Å²) in [5.41, 5.74) is 0.157. The maximum atomic E-state index is 13.0. The minimum Gasteiger partial charge on any atom is -0.496 e. The van der Waals surface area contributed by atoms with Gasteiger partial charge in [0.15, 0.2) is 12.5 Å². The molecule has 4 heteroatoms. The van der Waals surface area contributed by atoms with Gasteiger partial charge in [-0.25, -0.2) is 4.39 Å². The molecule has 0 fully saturated rings. The zero-order valence-electron chi connectivity index (χ0n) is 6.96. The number of hydrogen-bond acceptors (Lipinski definition) is 2. The minimum atomic E-state index is -1.69. The van der Waals surface area contributed by atoms with Crippen LogP contribution in [-0.2, 0) is 4.79 Å². The van der Waals surface area contributed by atoms with Gasteiger partial charge >= 0.3 is 0 Å². The number of carbonyl (C=O) groups excluding carboxylic acids is 1. The van der Waals surface area contributed by atoms with Crippen LogP contribution in [0.25, 0.3) is 0 Å². The first-order valence-electron chi connectivity index (χ1n) is 3.62. The summed E-state index contributed by atoms with van der Waals surface area (Å²) in [6.45, 7) is 0. The molecule has 0 N–H and O–H groups in total. The van der Waals surface area contributed by atoms with Crippen molar-refractivity contribution in [1.29, 1.82) is 0 Å². The predicted octanol–water partition coefficient (Wildman–Crippen LogP) is 2.56. The van der Waals surface area contributed by atoms with Crippen LogP contribution in [0.5, 0.6) is 5.75 Å². The van der Waals surface area contributed by atoms with Crippen molar-refractivity contribution in [1.82, 2.24) is 0 Å². The second-order valence-corrected chi connectivity index (χ2v) is 2.86. The Hall–Kier alpha value is -1.09. The van der Waals surface area contributed by atoms with Crippen LogP contribution in [-0.4, -0.2) is 13.4 Å². The van der Waals surface area contributed by atoms with Crippen LogP contribution >= 0.6 is 11.6 Å². The molecule has 70 valence electrons. The highest BCUT2D eigenvalue weighted by atomic mass is 35.5. The number of ether oxygens (including phenoxy) is 1. The van der Waals surface area contributed by atoms with E-state index in [9.17, 15) is 9.18 Å². The van der Waals surface area contributed by atoms with Gasteiger partial charge in [-0.15, -0.1) is 0 Å². The average molecular weight is 203 g/mol. The summed E-state index contributed by atoms with van der Waals surface area (Å²) in [6, 6.07) is 4.47. The topological polar surface area (TPSA) is 26.3 Å². The van der Waals surface area contributed by atoms with Gasteiger partial charge in [0.25, 0.3) is 0 Å². The maximum absolute atomic E-state index is 13.0. The van der Waals surface area contributed by atoms with Crippen molar-refractivity contribution in [2.45, 2.75) is 6.17 Å². The van der Waals surface area contributed by atoms with E-state index in [4.69, 9.17) is 16.3 Å². The van der Waals surface area contributed by atoms with Crippen LogP contribution < -0.4 is 4.74 Å². The van der Waals surface area contributed by atoms with Gasteiger partial charge in [-0.2, -0.15) is 0 Å². The zero-order chi connectivity index (χ0) is 9.84. The lowest BCUT2D eigenvalue weighted by atomic mass is 10.1. The van der Waals surface area contributed by atoms with Gasteiger partial charge < -0.3 is 4.74 Å². The summed E-state index contributed by atoms with van der Waals surface area (Å²) >= 11 is 5.64. The van der Waals surface area contributed by atoms with Crippen molar-refractivity contribution in [3.63, 3.8) is 0 Å². The fraction of sp³-hybridized carbons (Fsp3) is 0.222. The van der Waals surface area contributed by atoms with Gasteiger partial charge in [-0.1, -0.05) is 11.6 Å². The molecule has 0 radical (unpaired) electrons. The van der Waals surface area contributed by atoms with Gasteiger partial charge in [0.05, 0.1) is 7.11 Å². The Morgan fingerprint density at radius 2 is 2.31 bits per heavy atom. The third-order valence-corrected chi connectivity index (χ3v) is 1.84. The van der Waals surface area contributed by atoms with Crippen molar-refractivity contribution < 1.29 is 13.9 Å². The molecule has 0 aliphatic rings. The molecule has 0 aliphatic heterocycles. The number of hydrogen-bond donors (Lipinski definition) is 0. The van der Waals surface area contributed by atoms with Crippen molar-refractivity contribution >= 4 is 17.9 Å². The van der Waals surface area contributed by atoms with Crippen LogP contribution in [0.1, 0.15) is 11.7 Å². The monoisotopic (exact) mass is 202 g/mol. The third-order valence-electron chi connectivity index (χ3n) is 1.61. The van der Waals surface area contributed by atoms with Crippen molar-refractivity contribution in [2.24, 2.45) is 0 Å². The molecule has 0 spiro atoms. The quantitative estimate of drug-likeness (QED) is 0.705. The van der Waals surface area contributed by atoms with Gasteiger partial charge in [-0.05, 0) is 18.2 Å². The van der Waals surface area contributed by atoms with Gasteiger partial charge in [0, 0.05) is 10.6 Å². The van der Waals surface area contributed by atoms with Crippen LogP contribution in [0.15, 0.2) is 18.2 Å². The molecule has 13 heavy (non-hydrogen) atoms. The summed E-state index contributed by atoms with van der Waals surface area (Å²) in [4.78, 5) is 10.2. The molecule has 1 rings (SSSR count).